The lowest BCUT2D eigenvalue weighted by Crippen LogP contribution is -2.16. The highest BCUT2D eigenvalue weighted by molar-refractivity contribution is 5.54. The molecule has 1 aliphatic rings. The zero-order valence-electron chi connectivity index (χ0n) is 12.5. The molecular formula is C16H19N3O3. The number of hydrogen-bond donors (Lipinski definition) is 1. The topological polar surface area (TPSA) is 65.5 Å². The Morgan fingerprint density at radius 1 is 1.27 bits per heavy atom. The molecule has 1 atom stereocenters. The van der Waals surface area contributed by atoms with Gasteiger partial charge in [-0.15, -0.1) is 0 Å². The van der Waals surface area contributed by atoms with E-state index in [1.165, 1.54) is 0 Å². The van der Waals surface area contributed by atoms with Gasteiger partial charge >= 0.3 is 0 Å². The molecule has 1 aromatic carbocycles. The van der Waals surface area contributed by atoms with Crippen LogP contribution < -0.4 is 14.8 Å². The quantitative estimate of drug-likeness (QED) is 0.885. The minimum Gasteiger partial charge on any atom is -0.491 e. The van der Waals surface area contributed by atoms with Crippen LogP contribution in [0.15, 0.2) is 36.5 Å². The molecule has 0 aliphatic carbocycles. The second kappa shape index (κ2) is 7.09. The normalized spacial score (nSPS) is 17.2. The highest BCUT2D eigenvalue weighted by Gasteiger charge is 2.15. The van der Waals surface area contributed by atoms with Crippen molar-refractivity contribution in [2.45, 2.75) is 18.9 Å². The van der Waals surface area contributed by atoms with E-state index in [-0.39, 0.29) is 6.10 Å². The molecular weight excluding hydrogens is 282 g/mol. The van der Waals surface area contributed by atoms with E-state index >= 15 is 0 Å². The fourth-order valence-corrected chi connectivity index (χ4v) is 2.24. The minimum atomic E-state index is 0.225. The van der Waals surface area contributed by atoms with Crippen molar-refractivity contribution < 1.29 is 14.2 Å². The van der Waals surface area contributed by atoms with Gasteiger partial charge in [-0.1, -0.05) is 0 Å². The van der Waals surface area contributed by atoms with Crippen molar-refractivity contribution in [2.24, 2.45) is 0 Å². The van der Waals surface area contributed by atoms with E-state index in [0.29, 0.717) is 18.4 Å². The zero-order chi connectivity index (χ0) is 15.2. The summed E-state index contributed by atoms with van der Waals surface area (Å²) in [6.07, 6.45) is 4.07. The van der Waals surface area contributed by atoms with Crippen LogP contribution in [0, 0.1) is 0 Å². The average molecular weight is 301 g/mol. The number of hydrogen-bond acceptors (Lipinski definition) is 6. The Morgan fingerprint density at radius 2 is 2.14 bits per heavy atom. The molecule has 2 heterocycles. The third-order valence-electron chi connectivity index (χ3n) is 3.41. The Morgan fingerprint density at radius 3 is 2.86 bits per heavy atom. The maximum atomic E-state index is 5.73. The third kappa shape index (κ3) is 3.85. The van der Waals surface area contributed by atoms with Gasteiger partial charge in [0.05, 0.1) is 13.2 Å². The van der Waals surface area contributed by atoms with Crippen LogP contribution in [0.25, 0.3) is 0 Å². The minimum absolute atomic E-state index is 0.225. The molecule has 1 N–H and O–H groups in total. The number of methoxy groups -OCH3 is 1. The molecule has 22 heavy (non-hydrogen) atoms. The number of nitrogens with one attached hydrogen (secondary N) is 1. The lowest BCUT2D eigenvalue weighted by Gasteiger charge is -2.12. The zero-order valence-corrected chi connectivity index (χ0v) is 12.5. The molecule has 0 amide bonds. The summed E-state index contributed by atoms with van der Waals surface area (Å²) >= 11 is 0. The second-order valence-electron chi connectivity index (χ2n) is 5.02. The molecule has 2 aromatic rings. The largest absolute Gasteiger partial charge is 0.491 e. The Labute approximate surface area is 129 Å². The molecule has 0 spiro atoms. The first-order valence-electron chi connectivity index (χ1n) is 7.32. The van der Waals surface area contributed by atoms with Gasteiger partial charge in [-0.25, -0.2) is 4.98 Å². The van der Waals surface area contributed by atoms with E-state index < -0.39 is 0 Å². The van der Waals surface area contributed by atoms with E-state index in [4.69, 9.17) is 14.2 Å². The lowest BCUT2D eigenvalue weighted by atomic mass is 10.2. The number of rotatable bonds is 6. The molecule has 0 radical (unpaired) electrons. The van der Waals surface area contributed by atoms with Gasteiger partial charge in [0.15, 0.2) is 0 Å². The molecule has 6 nitrogen and oxygen atoms in total. The van der Waals surface area contributed by atoms with Gasteiger partial charge in [0.2, 0.25) is 11.8 Å². The van der Waals surface area contributed by atoms with Crippen molar-refractivity contribution in [3.05, 3.63) is 36.5 Å². The van der Waals surface area contributed by atoms with E-state index in [0.717, 1.165) is 30.9 Å². The first-order chi connectivity index (χ1) is 10.8. The Balaban J connectivity index is 1.56. The summed E-state index contributed by atoms with van der Waals surface area (Å²) in [5.74, 6) is 1.84. The van der Waals surface area contributed by atoms with Gasteiger partial charge in [-0.2, -0.15) is 4.98 Å². The Hall–Kier alpha value is -2.34. The number of nitrogens with zero attached hydrogens (tertiary/aromatic N) is 2. The first kappa shape index (κ1) is 14.6. The predicted molar refractivity (Wildman–Crippen MR) is 82.8 cm³/mol. The predicted octanol–water partition coefficient (Wildman–Crippen LogP) is 2.79. The fraction of sp³-hybridized carbons (Fsp3) is 0.375. The first-order valence-corrected chi connectivity index (χ1v) is 7.32. The summed E-state index contributed by atoms with van der Waals surface area (Å²) in [4.78, 5) is 8.35. The van der Waals surface area contributed by atoms with Crippen LogP contribution >= 0.6 is 0 Å². The molecule has 1 saturated heterocycles. The van der Waals surface area contributed by atoms with Crippen LogP contribution in [-0.2, 0) is 4.74 Å². The highest BCUT2D eigenvalue weighted by Crippen LogP contribution is 2.20. The van der Waals surface area contributed by atoms with E-state index in [2.05, 4.69) is 15.3 Å². The molecule has 6 heteroatoms. The smallest absolute Gasteiger partial charge is 0.230 e. The molecule has 1 aliphatic heterocycles. The maximum Gasteiger partial charge on any atom is 0.230 e. The molecule has 1 unspecified atom stereocenters. The van der Waals surface area contributed by atoms with Gasteiger partial charge in [-0.3, -0.25) is 0 Å². The SMILES string of the molecule is COc1ccnc(Nc2ccc(OCC3CCCO3)cc2)n1. The van der Waals surface area contributed by atoms with Crippen molar-refractivity contribution in [1.82, 2.24) is 9.97 Å². The number of ether oxygens (including phenoxy) is 3. The fourth-order valence-electron chi connectivity index (χ4n) is 2.24. The summed E-state index contributed by atoms with van der Waals surface area (Å²) in [6.45, 7) is 1.45. The van der Waals surface area contributed by atoms with Crippen molar-refractivity contribution in [2.75, 3.05) is 25.6 Å². The van der Waals surface area contributed by atoms with E-state index in [1.54, 1.807) is 19.4 Å². The van der Waals surface area contributed by atoms with Crippen LogP contribution in [0.5, 0.6) is 11.6 Å². The summed E-state index contributed by atoms with van der Waals surface area (Å²) in [7, 11) is 1.58. The molecule has 116 valence electrons. The third-order valence-corrected chi connectivity index (χ3v) is 3.41. The summed E-state index contributed by atoms with van der Waals surface area (Å²) < 4.78 is 16.3. The van der Waals surface area contributed by atoms with Crippen LogP contribution in [0.2, 0.25) is 0 Å². The van der Waals surface area contributed by atoms with Crippen LogP contribution in [0.3, 0.4) is 0 Å². The summed E-state index contributed by atoms with van der Waals surface area (Å²) in [5.41, 5.74) is 0.887. The van der Waals surface area contributed by atoms with Crippen LogP contribution in [0.4, 0.5) is 11.6 Å². The molecule has 0 bridgehead atoms. The molecule has 1 aromatic heterocycles. The average Bonchev–Trinajstić information content (AvgIpc) is 3.08. The van der Waals surface area contributed by atoms with Crippen LogP contribution in [0.1, 0.15) is 12.8 Å². The number of anilines is 2. The standard InChI is InChI=1S/C16H19N3O3/c1-20-15-8-9-17-16(19-15)18-12-4-6-13(7-5-12)22-11-14-3-2-10-21-14/h4-9,14H,2-3,10-11H2,1H3,(H,17,18,19). The maximum absolute atomic E-state index is 5.73. The Bertz CT molecular complexity index is 598. The van der Waals surface area contributed by atoms with Crippen molar-refractivity contribution >= 4 is 11.6 Å². The number of aromatic nitrogens is 2. The van der Waals surface area contributed by atoms with Crippen LogP contribution in [-0.4, -0.2) is 36.4 Å². The van der Waals surface area contributed by atoms with Gasteiger partial charge < -0.3 is 19.5 Å². The lowest BCUT2D eigenvalue weighted by molar-refractivity contribution is 0.0679. The van der Waals surface area contributed by atoms with Gasteiger partial charge in [0, 0.05) is 24.6 Å². The summed E-state index contributed by atoms with van der Waals surface area (Å²) in [5, 5.41) is 3.12. The van der Waals surface area contributed by atoms with Gasteiger partial charge in [0.25, 0.3) is 0 Å². The highest BCUT2D eigenvalue weighted by atomic mass is 16.5. The molecule has 0 saturated carbocycles. The van der Waals surface area contributed by atoms with Crippen molar-refractivity contribution in [3.63, 3.8) is 0 Å². The van der Waals surface area contributed by atoms with Crippen molar-refractivity contribution in [3.8, 4) is 11.6 Å². The second-order valence-corrected chi connectivity index (χ2v) is 5.02. The Kier molecular flexibility index (Phi) is 4.70. The van der Waals surface area contributed by atoms with Gasteiger partial charge in [0.1, 0.15) is 12.4 Å². The van der Waals surface area contributed by atoms with Gasteiger partial charge in [-0.05, 0) is 37.1 Å². The summed E-state index contributed by atoms with van der Waals surface area (Å²) in [6, 6.07) is 9.38. The number of benzene rings is 1. The van der Waals surface area contributed by atoms with E-state index in [1.807, 2.05) is 24.3 Å². The monoisotopic (exact) mass is 301 g/mol. The molecule has 1 fully saturated rings. The molecule has 3 rings (SSSR count). The van der Waals surface area contributed by atoms with Crippen molar-refractivity contribution in [1.29, 1.82) is 0 Å². The van der Waals surface area contributed by atoms with E-state index in [9.17, 15) is 0 Å².